The molecule has 172 valence electrons. The lowest BCUT2D eigenvalue weighted by atomic mass is 10.0. The van der Waals surface area contributed by atoms with Gasteiger partial charge in [-0.25, -0.2) is 9.97 Å². The number of nitrogens with zero attached hydrogens (tertiary/aromatic N) is 3. The first-order valence-electron chi connectivity index (χ1n) is 11.3. The highest BCUT2D eigenvalue weighted by Gasteiger charge is 2.36. The van der Waals surface area contributed by atoms with Crippen LogP contribution in [0.25, 0.3) is 0 Å². The fourth-order valence-corrected chi connectivity index (χ4v) is 4.53. The summed E-state index contributed by atoms with van der Waals surface area (Å²) in [5.41, 5.74) is 2.71. The van der Waals surface area contributed by atoms with Gasteiger partial charge in [0, 0.05) is 26.2 Å². The number of benzene rings is 1. The number of anilines is 2. The topological polar surface area (TPSA) is 126 Å². The standard InChI is InChI=1S/C23H26N6O4/c30-18-12-33-17-6-5-14(9-16(17)28-18)10-25-22(31)21-20-19(26-13-27-21)15(11-24-20)23(32)29-7-3-1-2-4-8-29/h5-6,9,13,15,24H,1-4,7-8,10-12H2,(H,25,31)(H,28,30). The van der Waals surface area contributed by atoms with Crippen molar-refractivity contribution in [3.8, 4) is 5.75 Å². The fourth-order valence-electron chi connectivity index (χ4n) is 4.53. The van der Waals surface area contributed by atoms with Gasteiger partial charge in [-0.15, -0.1) is 0 Å². The number of fused-ring (bicyclic) bond motifs is 2. The Morgan fingerprint density at radius 3 is 2.79 bits per heavy atom. The van der Waals surface area contributed by atoms with E-state index in [0.717, 1.165) is 44.3 Å². The number of carbonyl (C=O) groups excluding carboxylic acids is 3. The van der Waals surface area contributed by atoms with Crippen LogP contribution in [0.5, 0.6) is 5.75 Å². The molecule has 0 spiro atoms. The van der Waals surface area contributed by atoms with Gasteiger partial charge in [-0.3, -0.25) is 14.4 Å². The Morgan fingerprint density at radius 2 is 1.97 bits per heavy atom. The summed E-state index contributed by atoms with van der Waals surface area (Å²) in [7, 11) is 0. The zero-order valence-corrected chi connectivity index (χ0v) is 18.2. The van der Waals surface area contributed by atoms with E-state index >= 15 is 0 Å². The molecule has 1 unspecified atom stereocenters. The van der Waals surface area contributed by atoms with Crippen molar-refractivity contribution in [1.29, 1.82) is 0 Å². The molecule has 0 radical (unpaired) electrons. The minimum absolute atomic E-state index is 0.00381. The summed E-state index contributed by atoms with van der Waals surface area (Å²) in [6, 6.07) is 5.36. The van der Waals surface area contributed by atoms with Crippen molar-refractivity contribution in [3.05, 3.63) is 41.5 Å². The van der Waals surface area contributed by atoms with Crippen molar-refractivity contribution in [2.45, 2.75) is 38.1 Å². The van der Waals surface area contributed by atoms with Crippen LogP contribution in [0.3, 0.4) is 0 Å². The maximum atomic E-state index is 13.1. The molecule has 1 fully saturated rings. The lowest BCUT2D eigenvalue weighted by molar-refractivity contribution is -0.132. The minimum atomic E-state index is -0.406. The first-order valence-corrected chi connectivity index (χ1v) is 11.3. The molecule has 3 aliphatic rings. The van der Waals surface area contributed by atoms with Crippen molar-refractivity contribution < 1.29 is 19.1 Å². The first-order chi connectivity index (χ1) is 16.1. The second kappa shape index (κ2) is 9.05. The second-order valence-corrected chi connectivity index (χ2v) is 8.51. The van der Waals surface area contributed by atoms with Gasteiger partial charge in [0.25, 0.3) is 11.8 Å². The van der Waals surface area contributed by atoms with Gasteiger partial charge in [0.15, 0.2) is 12.3 Å². The lowest BCUT2D eigenvalue weighted by Crippen LogP contribution is -2.36. The van der Waals surface area contributed by atoms with E-state index in [1.807, 2.05) is 11.0 Å². The fraction of sp³-hybridized carbons (Fsp3) is 0.435. The molecular formula is C23H26N6O4. The van der Waals surface area contributed by atoms with Crippen molar-refractivity contribution >= 4 is 29.1 Å². The number of hydrogen-bond acceptors (Lipinski definition) is 7. The summed E-state index contributed by atoms with van der Waals surface area (Å²) >= 11 is 0. The van der Waals surface area contributed by atoms with Crippen LogP contribution in [0.4, 0.5) is 11.4 Å². The molecule has 0 bridgehead atoms. The number of rotatable bonds is 4. The van der Waals surface area contributed by atoms with Crippen LogP contribution in [0.15, 0.2) is 24.5 Å². The molecule has 10 heteroatoms. The molecule has 4 heterocycles. The van der Waals surface area contributed by atoms with E-state index < -0.39 is 5.92 Å². The van der Waals surface area contributed by atoms with Gasteiger partial charge in [0.1, 0.15) is 12.1 Å². The summed E-state index contributed by atoms with van der Waals surface area (Å²) < 4.78 is 5.36. The maximum absolute atomic E-state index is 13.1. The summed E-state index contributed by atoms with van der Waals surface area (Å²) in [5.74, 6) is -0.316. The van der Waals surface area contributed by atoms with E-state index in [0.29, 0.717) is 29.4 Å². The second-order valence-electron chi connectivity index (χ2n) is 8.51. The van der Waals surface area contributed by atoms with Gasteiger partial charge in [0.05, 0.1) is 23.0 Å². The Balaban J connectivity index is 1.28. The number of hydrogen-bond donors (Lipinski definition) is 3. The molecule has 1 aromatic carbocycles. The highest BCUT2D eigenvalue weighted by molar-refractivity contribution is 6.00. The van der Waals surface area contributed by atoms with Crippen LogP contribution in [-0.2, 0) is 16.1 Å². The van der Waals surface area contributed by atoms with Crippen molar-refractivity contribution in [3.63, 3.8) is 0 Å². The number of likely N-dealkylation sites (tertiary alicyclic amines) is 1. The van der Waals surface area contributed by atoms with Gasteiger partial charge < -0.3 is 25.6 Å². The Labute approximate surface area is 191 Å². The molecule has 2 aromatic rings. The number of ether oxygens (including phenoxy) is 1. The molecule has 10 nitrogen and oxygen atoms in total. The van der Waals surface area contributed by atoms with Crippen LogP contribution in [-0.4, -0.2) is 58.8 Å². The van der Waals surface area contributed by atoms with E-state index in [-0.39, 0.29) is 36.6 Å². The SMILES string of the molecule is O=C1COc2ccc(CNC(=O)c3ncnc4c3NCC4C(=O)N3CCCCCC3)cc2N1. The normalized spacial score (nSPS) is 19.3. The van der Waals surface area contributed by atoms with Gasteiger partial charge in [-0.2, -0.15) is 0 Å². The smallest absolute Gasteiger partial charge is 0.272 e. The van der Waals surface area contributed by atoms with Crippen LogP contribution in [0, 0.1) is 0 Å². The monoisotopic (exact) mass is 450 g/mol. The average molecular weight is 450 g/mol. The van der Waals surface area contributed by atoms with Crippen molar-refractivity contribution in [1.82, 2.24) is 20.2 Å². The molecule has 0 aliphatic carbocycles. The zero-order valence-electron chi connectivity index (χ0n) is 18.2. The summed E-state index contributed by atoms with van der Waals surface area (Å²) in [4.78, 5) is 48.0. The molecule has 5 rings (SSSR count). The van der Waals surface area contributed by atoms with Crippen LogP contribution in [0.2, 0.25) is 0 Å². The molecule has 1 aromatic heterocycles. The third-order valence-electron chi connectivity index (χ3n) is 6.25. The van der Waals surface area contributed by atoms with E-state index in [1.165, 1.54) is 6.33 Å². The van der Waals surface area contributed by atoms with Crippen LogP contribution in [0.1, 0.15) is 53.3 Å². The number of carbonyl (C=O) groups is 3. The highest BCUT2D eigenvalue weighted by atomic mass is 16.5. The van der Waals surface area contributed by atoms with E-state index in [4.69, 9.17) is 4.74 Å². The number of aromatic nitrogens is 2. The Bertz CT molecular complexity index is 1100. The number of amides is 3. The Kier molecular flexibility index (Phi) is 5.80. The van der Waals surface area contributed by atoms with Gasteiger partial charge in [-0.1, -0.05) is 18.9 Å². The third kappa shape index (κ3) is 4.33. The average Bonchev–Trinajstić information content (AvgIpc) is 3.07. The van der Waals surface area contributed by atoms with E-state index in [1.54, 1.807) is 12.1 Å². The summed E-state index contributed by atoms with van der Waals surface area (Å²) in [5, 5.41) is 8.80. The van der Waals surface area contributed by atoms with Crippen LogP contribution >= 0.6 is 0 Å². The van der Waals surface area contributed by atoms with Crippen molar-refractivity contribution in [2.75, 3.05) is 36.9 Å². The zero-order chi connectivity index (χ0) is 22.8. The molecule has 0 saturated carbocycles. The largest absolute Gasteiger partial charge is 0.482 e. The minimum Gasteiger partial charge on any atom is -0.482 e. The predicted molar refractivity (Wildman–Crippen MR) is 120 cm³/mol. The Hall–Kier alpha value is -3.69. The molecule has 3 amide bonds. The van der Waals surface area contributed by atoms with Gasteiger partial charge >= 0.3 is 0 Å². The molecular weight excluding hydrogens is 424 g/mol. The van der Waals surface area contributed by atoms with Crippen molar-refractivity contribution in [2.24, 2.45) is 0 Å². The molecule has 1 saturated heterocycles. The molecule has 33 heavy (non-hydrogen) atoms. The van der Waals surface area contributed by atoms with Gasteiger partial charge in [0.2, 0.25) is 5.91 Å². The summed E-state index contributed by atoms with van der Waals surface area (Å²) in [6.07, 6.45) is 5.69. The summed E-state index contributed by atoms with van der Waals surface area (Å²) in [6.45, 7) is 2.20. The van der Waals surface area contributed by atoms with Crippen LogP contribution < -0.4 is 20.7 Å². The molecule has 3 aliphatic heterocycles. The quantitative estimate of drug-likeness (QED) is 0.647. The predicted octanol–water partition coefficient (Wildman–Crippen LogP) is 1.65. The van der Waals surface area contributed by atoms with Gasteiger partial charge in [-0.05, 0) is 30.5 Å². The maximum Gasteiger partial charge on any atom is 0.272 e. The number of nitrogens with one attached hydrogen (secondary N) is 3. The molecule has 1 atom stereocenters. The van der Waals surface area contributed by atoms with E-state index in [2.05, 4.69) is 25.9 Å². The highest BCUT2D eigenvalue weighted by Crippen LogP contribution is 2.33. The molecule has 3 N–H and O–H groups in total. The Morgan fingerprint density at radius 1 is 1.15 bits per heavy atom. The lowest BCUT2D eigenvalue weighted by Gasteiger charge is -2.23. The third-order valence-corrected chi connectivity index (χ3v) is 6.25. The van der Waals surface area contributed by atoms with E-state index in [9.17, 15) is 14.4 Å². The first kappa shape index (κ1) is 21.2.